The van der Waals surface area contributed by atoms with Gasteiger partial charge in [0, 0.05) is 5.56 Å². The third-order valence-corrected chi connectivity index (χ3v) is 6.01. The Balaban J connectivity index is 1.60. The van der Waals surface area contributed by atoms with Crippen molar-refractivity contribution in [1.82, 2.24) is 0 Å². The number of carbonyl (C=O) groups excluding carboxylic acids is 2. The van der Waals surface area contributed by atoms with E-state index in [1.54, 1.807) is 18.2 Å². The Hall–Kier alpha value is -4.82. The van der Waals surface area contributed by atoms with E-state index in [0.29, 0.717) is 28.4 Å². The van der Waals surface area contributed by atoms with Crippen molar-refractivity contribution in [3.8, 4) is 40.9 Å². The molecule has 1 aliphatic heterocycles. The topological polar surface area (TPSA) is 61.8 Å². The van der Waals surface area contributed by atoms with Crippen LogP contribution in [0, 0.1) is 12.5 Å². The Morgan fingerprint density at radius 3 is 2.17 bits per heavy atom. The second-order valence-corrected chi connectivity index (χ2v) is 8.08. The van der Waals surface area contributed by atoms with Gasteiger partial charge in [0.05, 0.1) is 6.42 Å². The molecule has 5 rings (SSSR count). The lowest BCUT2D eigenvalue weighted by atomic mass is 9.72. The molecule has 1 atom stereocenters. The van der Waals surface area contributed by atoms with Crippen molar-refractivity contribution in [3.05, 3.63) is 114 Å². The highest BCUT2D eigenvalue weighted by atomic mass is 16.5. The Bertz CT molecular complexity index is 1420. The van der Waals surface area contributed by atoms with Crippen LogP contribution in [0.1, 0.15) is 17.5 Å². The Morgan fingerprint density at radius 1 is 0.829 bits per heavy atom. The number of hydrogen-bond donors (Lipinski definition) is 0. The average molecular weight is 460 g/mol. The molecular formula is C30H20O5. The molecule has 0 bridgehead atoms. The average Bonchev–Trinajstić information content (AvgIpc) is 3.16. The molecule has 0 aliphatic carbocycles. The lowest BCUT2D eigenvalue weighted by Crippen LogP contribution is -2.37. The van der Waals surface area contributed by atoms with Crippen molar-refractivity contribution >= 4 is 11.9 Å². The molecule has 0 N–H and O–H groups in total. The van der Waals surface area contributed by atoms with Gasteiger partial charge in [-0.2, -0.15) is 0 Å². The quantitative estimate of drug-likeness (QED) is 0.204. The fourth-order valence-electron chi connectivity index (χ4n) is 4.36. The van der Waals surface area contributed by atoms with Crippen LogP contribution in [0.2, 0.25) is 0 Å². The zero-order chi connectivity index (χ0) is 24.3. The van der Waals surface area contributed by atoms with Gasteiger partial charge in [0.25, 0.3) is 0 Å². The van der Waals surface area contributed by atoms with E-state index in [2.05, 4.69) is 0 Å². The van der Waals surface area contributed by atoms with E-state index >= 15 is 0 Å². The van der Waals surface area contributed by atoms with Gasteiger partial charge in [-0.15, -0.1) is 0 Å². The van der Waals surface area contributed by atoms with E-state index < -0.39 is 17.4 Å². The van der Waals surface area contributed by atoms with E-state index in [0.717, 1.165) is 11.1 Å². The number of carbonyl (C=O) groups is 2. The highest BCUT2D eigenvalue weighted by molar-refractivity contribution is 5.98. The van der Waals surface area contributed by atoms with Crippen LogP contribution < -0.4 is 9.47 Å². The maximum absolute atomic E-state index is 13.4. The molecule has 4 aromatic rings. The number of rotatable bonds is 6. The summed E-state index contributed by atoms with van der Waals surface area (Å²) in [5.41, 5.74) is 1.68. The highest BCUT2D eigenvalue weighted by Crippen LogP contribution is 2.49. The summed E-state index contributed by atoms with van der Waals surface area (Å²) in [5.74, 6) is 0.215. The first kappa shape index (κ1) is 22.0. The van der Waals surface area contributed by atoms with Crippen LogP contribution in [0.5, 0.6) is 17.2 Å². The molecule has 5 heteroatoms. The van der Waals surface area contributed by atoms with Crippen molar-refractivity contribution < 1.29 is 23.8 Å². The monoisotopic (exact) mass is 460 g/mol. The van der Waals surface area contributed by atoms with Crippen LogP contribution in [0.3, 0.4) is 0 Å². The first-order valence-electron chi connectivity index (χ1n) is 11.0. The minimum Gasteiger partial charge on any atom is -0.457 e. The van der Waals surface area contributed by atoms with E-state index in [-0.39, 0.29) is 6.42 Å². The first-order chi connectivity index (χ1) is 17.1. The molecule has 35 heavy (non-hydrogen) atoms. The predicted octanol–water partition coefficient (Wildman–Crippen LogP) is 5.88. The Labute approximate surface area is 202 Å². The minimum absolute atomic E-state index is 0.317. The van der Waals surface area contributed by atoms with Crippen LogP contribution in [-0.4, -0.2) is 11.9 Å². The van der Waals surface area contributed by atoms with Gasteiger partial charge in [0.15, 0.2) is 0 Å². The maximum atomic E-state index is 13.4. The number of esters is 2. The summed E-state index contributed by atoms with van der Waals surface area (Å²) < 4.78 is 16.4. The molecule has 0 saturated carbocycles. The molecule has 1 unspecified atom stereocenters. The van der Waals surface area contributed by atoms with E-state index in [1.807, 2.05) is 91.0 Å². The van der Waals surface area contributed by atoms with Gasteiger partial charge in [-0.1, -0.05) is 79.2 Å². The second-order valence-electron chi connectivity index (χ2n) is 8.08. The molecular weight excluding hydrogens is 440 g/mol. The van der Waals surface area contributed by atoms with Crippen molar-refractivity contribution in [2.45, 2.75) is 11.8 Å². The van der Waals surface area contributed by atoms with Crippen LogP contribution in [-0.2, 0) is 19.7 Å². The number of ether oxygens (including phenoxy) is 3. The third kappa shape index (κ3) is 4.14. The molecule has 0 amide bonds. The summed E-state index contributed by atoms with van der Waals surface area (Å²) in [6.07, 6.45) is 6.76. The Morgan fingerprint density at radius 2 is 1.49 bits per heavy atom. The van der Waals surface area contributed by atoms with Crippen molar-refractivity contribution in [2.24, 2.45) is 0 Å². The van der Waals surface area contributed by atoms with E-state index in [1.165, 1.54) is 0 Å². The molecule has 170 valence electrons. The van der Waals surface area contributed by atoms with E-state index in [4.69, 9.17) is 20.6 Å². The molecule has 0 saturated heterocycles. The molecule has 5 nitrogen and oxygen atoms in total. The molecule has 0 aromatic heterocycles. The first-order valence-corrected chi connectivity index (χ1v) is 11.0. The van der Waals surface area contributed by atoms with Crippen LogP contribution >= 0.6 is 0 Å². The molecule has 0 radical (unpaired) electrons. The number of fused-ring (bicyclic) bond motifs is 1. The molecule has 1 aliphatic rings. The van der Waals surface area contributed by atoms with Crippen LogP contribution in [0.4, 0.5) is 0 Å². The number of hydrogen-bond acceptors (Lipinski definition) is 5. The normalized spacial score (nSPS) is 16.0. The van der Waals surface area contributed by atoms with E-state index in [9.17, 15) is 9.59 Å². The zero-order valence-electron chi connectivity index (χ0n) is 18.6. The van der Waals surface area contributed by atoms with Crippen molar-refractivity contribution in [1.29, 1.82) is 0 Å². The summed E-state index contributed by atoms with van der Waals surface area (Å²) in [4.78, 5) is 26.0. The molecule has 0 fully saturated rings. The number of para-hydroxylation sites is 1. The third-order valence-electron chi connectivity index (χ3n) is 6.01. The van der Waals surface area contributed by atoms with Crippen molar-refractivity contribution in [3.63, 3.8) is 0 Å². The van der Waals surface area contributed by atoms with Gasteiger partial charge in [0.2, 0.25) is 0 Å². The van der Waals surface area contributed by atoms with Gasteiger partial charge >= 0.3 is 11.9 Å². The fourth-order valence-corrected chi connectivity index (χ4v) is 4.36. The number of terminal acetylenes is 1. The predicted molar refractivity (Wildman–Crippen MR) is 131 cm³/mol. The standard InChI is InChI=1S/C30H20O5/c1-2-33-28(31)20-30(23-15-13-22(14-16-23)21-9-5-3-6-10-21)26-19-25(17-18-27(26)35-29(30)32)34-24-11-7-4-8-12-24/h1,3-19H,20H2. The van der Waals surface area contributed by atoms with Gasteiger partial charge in [-0.05, 0) is 47.0 Å². The minimum atomic E-state index is -1.44. The van der Waals surface area contributed by atoms with Gasteiger partial charge in [0.1, 0.15) is 28.8 Å². The molecule has 4 aromatic carbocycles. The fraction of sp³-hybridized carbons (Fsp3) is 0.0667. The van der Waals surface area contributed by atoms with Gasteiger partial charge in [-0.25, -0.2) is 0 Å². The summed E-state index contributed by atoms with van der Waals surface area (Å²) in [6, 6.07) is 31.7. The largest absolute Gasteiger partial charge is 0.457 e. The van der Waals surface area contributed by atoms with Crippen molar-refractivity contribution in [2.75, 3.05) is 0 Å². The lowest BCUT2D eigenvalue weighted by molar-refractivity contribution is -0.144. The summed E-state index contributed by atoms with van der Waals surface area (Å²) in [6.45, 7) is 0. The van der Waals surface area contributed by atoms with Crippen LogP contribution in [0.15, 0.2) is 103 Å². The highest BCUT2D eigenvalue weighted by Gasteiger charge is 2.52. The van der Waals surface area contributed by atoms with Gasteiger partial charge < -0.3 is 14.2 Å². The smallest absolute Gasteiger partial charge is 0.327 e. The maximum Gasteiger partial charge on any atom is 0.327 e. The van der Waals surface area contributed by atoms with Crippen LogP contribution in [0.25, 0.3) is 11.1 Å². The summed E-state index contributed by atoms with van der Waals surface area (Å²) in [5, 5.41) is 0. The SMILES string of the molecule is C#COC(=O)CC1(c2ccc(-c3ccccc3)cc2)C(=O)Oc2ccc(Oc3ccccc3)cc21. The number of benzene rings is 4. The zero-order valence-corrected chi connectivity index (χ0v) is 18.6. The van der Waals surface area contributed by atoms with Gasteiger partial charge in [-0.3, -0.25) is 9.59 Å². The lowest BCUT2D eigenvalue weighted by Gasteiger charge is -2.25. The summed E-state index contributed by atoms with van der Waals surface area (Å²) in [7, 11) is 0. The summed E-state index contributed by atoms with van der Waals surface area (Å²) >= 11 is 0. The Kier molecular flexibility index (Phi) is 5.78. The molecule has 0 spiro atoms. The second kappa shape index (κ2) is 9.20. The molecule has 1 heterocycles.